The Balaban J connectivity index is 2.02. The molecule has 2 aliphatic heterocycles. The lowest BCUT2D eigenvalue weighted by atomic mass is 9.80. The lowest BCUT2D eigenvalue weighted by molar-refractivity contribution is -0.145. The highest BCUT2D eigenvalue weighted by Crippen LogP contribution is 2.54. The van der Waals surface area contributed by atoms with Gasteiger partial charge in [0.05, 0.1) is 12.2 Å². The van der Waals surface area contributed by atoms with E-state index in [-0.39, 0.29) is 29.4 Å². The fourth-order valence-electron chi connectivity index (χ4n) is 3.90. The Morgan fingerprint density at radius 1 is 1.08 bits per heavy atom. The summed E-state index contributed by atoms with van der Waals surface area (Å²) in [6.07, 6.45) is 8.00. The van der Waals surface area contributed by atoms with E-state index in [1.165, 1.54) is 0 Å². The maximum atomic E-state index is 12.5. The number of esters is 1. The molecule has 2 heterocycles. The van der Waals surface area contributed by atoms with Gasteiger partial charge in [-0.2, -0.15) is 0 Å². The molecule has 2 saturated heterocycles. The Morgan fingerprint density at radius 3 is 2.48 bits per heavy atom. The van der Waals surface area contributed by atoms with E-state index in [2.05, 4.69) is 20.4 Å². The van der Waals surface area contributed by atoms with E-state index in [4.69, 9.17) is 9.47 Å². The van der Waals surface area contributed by atoms with E-state index >= 15 is 0 Å². The van der Waals surface area contributed by atoms with E-state index in [0.29, 0.717) is 31.8 Å². The standard InChI is InChI=1S/C21H34O4/c1-6-21-14-15-24-18(23)11-13-19(3,4)17(22)10-9-16(2)8-7-12-20(21,5)25-21/h6,16H,1,7-15H2,2-5H3. The van der Waals surface area contributed by atoms with Gasteiger partial charge in [0, 0.05) is 24.7 Å². The predicted molar refractivity (Wildman–Crippen MR) is 98.3 cm³/mol. The molecule has 4 heteroatoms. The fourth-order valence-corrected chi connectivity index (χ4v) is 3.90. The first-order valence-electron chi connectivity index (χ1n) is 9.67. The van der Waals surface area contributed by atoms with Crippen LogP contribution < -0.4 is 0 Å². The molecule has 0 aromatic rings. The summed E-state index contributed by atoms with van der Waals surface area (Å²) in [4.78, 5) is 24.5. The van der Waals surface area contributed by atoms with Crippen molar-refractivity contribution < 1.29 is 19.1 Å². The van der Waals surface area contributed by atoms with Crippen molar-refractivity contribution in [3.8, 4) is 0 Å². The summed E-state index contributed by atoms with van der Waals surface area (Å²) in [6.45, 7) is 12.5. The summed E-state index contributed by atoms with van der Waals surface area (Å²) in [5.74, 6) is 0.545. The van der Waals surface area contributed by atoms with Gasteiger partial charge in [0.2, 0.25) is 0 Å². The highest BCUT2D eigenvalue weighted by atomic mass is 16.6. The largest absolute Gasteiger partial charge is 0.466 e. The fraction of sp³-hybridized carbons (Fsp3) is 0.810. The Hall–Kier alpha value is -1.16. The van der Waals surface area contributed by atoms with Crippen LogP contribution in [0.15, 0.2) is 12.7 Å². The van der Waals surface area contributed by atoms with E-state index in [9.17, 15) is 9.59 Å². The first-order chi connectivity index (χ1) is 11.6. The third-order valence-electron chi connectivity index (χ3n) is 6.25. The van der Waals surface area contributed by atoms with Gasteiger partial charge >= 0.3 is 5.97 Å². The van der Waals surface area contributed by atoms with Crippen LogP contribution in [0.5, 0.6) is 0 Å². The zero-order valence-corrected chi connectivity index (χ0v) is 16.4. The number of ketones is 1. The number of fused-ring (bicyclic) bond motifs is 1. The highest BCUT2D eigenvalue weighted by molar-refractivity contribution is 5.84. The molecule has 3 unspecified atom stereocenters. The highest BCUT2D eigenvalue weighted by Gasteiger charge is 2.63. The lowest BCUT2D eigenvalue weighted by Gasteiger charge is -2.24. The molecule has 0 N–H and O–H groups in total. The normalized spacial score (nSPS) is 37.7. The van der Waals surface area contributed by atoms with E-state index in [1.807, 2.05) is 19.9 Å². The van der Waals surface area contributed by atoms with Gasteiger partial charge in [-0.25, -0.2) is 0 Å². The van der Waals surface area contributed by atoms with Gasteiger partial charge in [0.15, 0.2) is 0 Å². The van der Waals surface area contributed by atoms with Crippen LogP contribution in [0, 0.1) is 11.3 Å². The molecular formula is C21H34O4. The van der Waals surface area contributed by atoms with Gasteiger partial charge in [-0.15, -0.1) is 6.58 Å². The predicted octanol–water partition coefficient (Wildman–Crippen LogP) is 4.61. The summed E-state index contributed by atoms with van der Waals surface area (Å²) in [5, 5.41) is 0. The van der Waals surface area contributed by atoms with Crippen molar-refractivity contribution >= 4 is 11.8 Å². The second kappa shape index (κ2) is 7.61. The van der Waals surface area contributed by atoms with Crippen molar-refractivity contribution in [3.63, 3.8) is 0 Å². The van der Waals surface area contributed by atoms with Crippen LogP contribution in [-0.4, -0.2) is 29.6 Å². The van der Waals surface area contributed by atoms with Crippen molar-refractivity contribution in [1.82, 2.24) is 0 Å². The van der Waals surface area contributed by atoms with Gasteiger partial charge < -0.3 is 9.47 Å². The van der Waals surface area contributed by atoms with Crippen LogP contribution in [0.4, 0.5) is 0 Å². The van der Waals surface area contributed by atoms with Gasteiger partial charge in [0.25, 0.3) is 0 Å². The molecule has 2 fully saturated rings. The van der Waals surface area contributed by atoms with Crippen molar-refractivity contribution in [2.45, 2.75) is 90.3 Å². The molecule has 142 valence electrons. The number of rotatable bonds is 1. The van der Waals surface area contributed by atoms with Gasteiger partial charge in [-0.1, -0.05) is 39.7 Å². The van der Waals surface area contributed by atoms with E-state index in [1.54, 1.807) is 0 Å². The van der Waals surface area contributed by atoms with Crippen LogP contribution >= 0.6 is 0 Å². The minimum absolute atomic E-state index is 0.199. The molecule has 0 aliphatic carbocycles. The van der Waals surface area contributed by atoms with Crippen LogP contribution in [0.3, 0.4) is 0 Å². The third kappa shape index (κ3) is 4.72. The summed E-state index contributed by atoms with van der Waals surface area (Å²) in [7, 11) is 0. The zero-order valence-electron chi connectivity index (χ0n) is 16.4. The number of hydrogen-bond donors (Lipinski definition) is 0. The maximum absolute atomic E-state index is 12.5. The molecule has 2 rings (SSSR count). The second-order valence-electron chi connectivity index (χ2n) is 8.74. The molecule has 0 saturated carbocycles. The first kappa shape index (κ1) is 20.2. The van der Waals surface area contributed by atoms with Crippen LogP contribution in [0.25, 0.3) is 0 Å². The molecule has 25 heavy (non-hydrogen) atoms. The number of epoxide rings is 1. The number of Topliss-reactive ketones (excluding diaryl/α,β-unsaturated/α-hetero) is 1. The first-order valence-corrected chi connectivity index (χ1v) is 9.67. The zero-order chi connectivity index (χ0) is 18.7. The smallest absolute Gasteiger partial charge is 0.305 e. The number of carbonyl (C=O) groups is 2. The molecule has 3 atom stereocenters. The van der Waals surface area contributed by atoms with Crippen molar-refractivity contribution in [2.75, 3.05) is 6.61 Å². The summed E-state index contributed by atoms with van der Waals surface area (Å²) >= 11 is 0. The second-order valence-corrected chi connectivity index (χ2v) is 8.74. The number of cyclic esters (lactones) is 1. The maximum Gasteiger partial charge on any atom is 0.305 e. The molecule has 2 aliphatic rings. The van der Waals surface area contributed by atoms with Crippen molar-refractivity contribution in [1.29, 1.82) is 0 Å². The monoisotopic (exact) mass is 350 g/mol. The molecule has 0 bridgehead atoms. The average molecular weight is 350 g/mol. The summed E-state index contributed by atoms with van der Waals surface area (Å²) in [5.41, 5.74) is -1.02. The summed E-state index contributed by atoms with van der Waals surface area (Å²) in [6, 6.07) is 0. The van der Waals surface area contributed by atoms with Crippen LogP contribution in [0.2, 0.25) is 0 Å². The van der Waals surface area contributed by atoms with Crippen LogP contribution in [0.1, 0.15) is 79.1 Å². The number of ether oxygens (including phenoxy) is 2. The number of hydrogen-bond acceptors (Lipinski definition) is 4. The minimum Gasteiger partial charge on any atom is -0.466 e. The lowest BCUT2D eigenvalue weighted by Crippen LogP contribution is -2.27. The van der Waals surface area contributed by atoms with Gasteiger partial charge in [0.1, 0.15) is 11.4 Å². The molecule has 4 nitrogen and oxygen atoms in total. The number of carbonyl (C=O) groups excluding carboxylic acids is 2. The van der Waals surface area contributed by atoms with Gasteiger partial charge in [-0.3, -0.25) is 9.59 Å². The minimum atomic E-state index is -0.462. The van der Waals surface area contributed by atoms with Gasteiger partial charge in [-0.05, 0) is 32.1 Å². The average Bonchev–Trinajstić information content (AvgIpc) is 3.14. The molecule has 0 aromatic carbocycles. The third-order valence-corrected chi connectivity index (χ3v) is 6.25. The Kier molecular flexibility index (Phi) is 6.13. The van der Waals surface area contributed by atoms with Crippen molar-refractivity contribution in [2.24, 2.45) is 11.3 Å². The van der Waals surface area contributed by atoms with E-state index < -0.39 is 5.41 Å². The van der Waals surface area contributed by atoms with Crippen LogP contribution in [-0.2, 0) is 19.1 Å². The van der Waals surface area contributed by atoms with Crippen molar-refractivity contribution in [3.05, 3.63) is 12.7 Å². The Bertz CT molecular complexity index is 524. The topological polar surface area (TPSA) is 55.9 Å². The Morgan fingerprint density at radius 2 is 1.80 bits per heavy atom. The molecule has 0 spiro atoms. The Labute approximate surface area is 152 Å². The molecule has 0 aromatic heterocycles. The molecular weight excluding hydrogens is 316 g/mol. The molecule has 0 amide bonds. The summed E-state index contributed by atoms with van der Waals surface area (Å²) < 4.78 is 11.4. The SMILES string of the molecule is C=CC12CCOC(=O)CCC(C)(C)C(=O)CCC(C)CCCC1(C)O2. The van der Waals surface area contributed by atoms with E-state index in [0.717, 1.165) is 25.7 Å². The molecule has 0 radical (unpaired) electrons. The quantitative estimate of drug-likeness (QED) is 0.394.